The summed E-state index contributed by atoms with van der Waals surface area (Å²) in [5.74, 6) is -1.00. The summed E-state index contributed by atoms with van der Waals surface area (Å²) in [4.78, 5) is 81.8. The molecule has 1 fully saturated rings. The summed E-state index contributed by atoms with van der Waals surface area (Å²) >= 11 is 0. The van der Waals surface area contributed by atoms with Gasteiger partial charge in [-0.2, -0.15) is 0 Å². The van der Waals surface area contributed by atoms with Crippen LogP contribution in [0.5, 0.6) is 11.5 Å². The Morgan fingerprint density at radius 2 is 1.59 bits per heavy atom. The zero-order chi connectivity index (χ0) is 42.4. The van der Waals surface area contributed by atoms with Crippen molar-refractivity contribution in [3.8, 4) is 22.6 Å². The zero-order valence-corrected chi connectivity index (χ0v) is 34.5. The lowest BCUT2D eigenvalue weighted by Gasteiger charge is -2.35. The number of anilines is 1. The van der Waals surface area contributed by atoms with Gasteiger partial charge in [-0.3, -0.25) is 24.5 Å². The Morgan fingerprint density at radius 3 is 2.24 bits per heavy atom. The second-order valence-corrected chi connectivity index (χ2v) is 15.6. The van der Waals surface area contributed by atoms with E-state index >= 15 is 0 Å². The zero-order valence-electron chi connectivity index (χ0n) is 34.5. The number of amides is 5. The minimum absolute atomic E-state index is 0.0722. The van der Waals surface area contributed by atoms with Gasteiger partial charge >= 0.3 is 12.0 Å². The predicted octanol–water partition coefficient (Wildman–Crippen LogP) is 4.04. The van der Waals surface area contributed by atoms with E-state index in [1.807, 2.05) is 43.3 Å². The van der Waals surface area contributed by atoms with E-state index in [0.29, 0.717) is 66.2 Å². The molecule has 0 bridgehead atoms. The number of nitrogens with zero attached hydrogens (tertiary/aromatic N) is 4. The van der Waals surface area contributed by atoms with Crippen molar-refractivity contribution in [2.24, 2.45) is 7.05 Å². The van der Waals surface area contributed by atoms with Gasteiger partial charge in [0.15, 0.2) is 6.04 Å². The van der Waals surface area contributed by atoms with E-state index in [4.69, 9.17) is 9.47 Å². The highest BCUT2D eigenvalue weighted by Crippen LogP contribution is 2.40. The molecule has 4 heterocycles. The number of rotatable bonds is 17. The first kappa shape index (κ1) is 42.7. The number of carboxylic acid groups (broad SMARTS) is 1. The van der Waals surface area contributed by atoms with Gasteiger partial charge in [0.05, 0.1) is 25.3 Å². The number of aryl methyl sites for hydroxylation is 1. The highest BCUT2D eigenvalue weighted by Gasteiger charge is 2.41. The minimum Gasteiger partial charge on any atom is -0.496 e. The molecule has 16 nitrogen and oxygen atoms in total. The van der Waals surface area contributed by atoms with Gasteiger partial charge < -0.3 is 44.5 Å². The Kier molecular flexibility index (Phi) is 13.6. The Labute approximate surface area is 343 Å². The van der Waals surface area contributed by atoms with Crippen molar-refractivity contribution in [2.45, 2.75) is 83.0 Å². The minimum atomic E-state index is -1.45. The molecule has 0 aliphatic carbocycles. The molecule has 0 radical (unpaired) electrons. The molecule has 3 aliphatic heterocycles. The van der Waals surface area contributed by atoms with Crippen LogP contribution in [-0.2, 0) is 40.9 Å². The van der Waals surface area contributed by atoms with Crippen LogP contribution >= 0.6 is 0 Å². The van der Waals surface area contributed by atoms with Crippen LogP contribution in [0.3, 0.4) is 0 Å². The quantitative estimate of drug-likeness (QED) is 0.114. The van der Waals surface area contributed by atoms with E-state index < -0.39 is 35.6 Å². The number of benzene rings is 2. The lowest BCUT2D eigenvalue weighted by Crippen LogP contribution is -2.52. The summed E-state index contributed by atoms with van der Waals surface area (Å²) in [6.07, 6.45) is 8.00. The van der Waals surface area contributed by atoms with Crippen molar-refractivity contribution in [1.29, 1.82) is 0 Å². The van der Waals surface area contributed by atoms with Crippen molar-refractivity contribution >= 4 is 35.4 Å². The average molecular weight is 814 g/mol. The van der Waals surface area contributed by atoms with Crippen LogP contribution in [0.4, 0.5) is 10.5 Å². The van der Waals surface area contributed by atoms with Gasteiger partial charge in [0.25, 0.3) is 11.5 Å². The number of carbonyl (C=O) groups is 5. The van der Waals surface area contributed by atoms with Crippen molar-refractivity contribution in [3.63, 3.8) is 0 Å². The van der Waals surface area contributed by atoms with Gasteiger partial charge in [0.2, 0.25) is 11.8 Å². The van der Waals surface area contributed by atoms with E-state index in [2.05, 4.69) is 16.0 Å². The molecule has 3 aromatic rings. The molecule has 6 rings (SSSR count). The summed E-state index contributed by atoms with van der Waals surface area (Å²) in [6.45, 7) is 2.11. The molecule has 316 valence electrons. The van der Waals surface area contributed by atoms with E-state index in [1.165, 1.54) is 9.47 Å². The Balaban J connectivity index is 0.978. The molecule has 0 saturated carbocycles. The Bertz CT molecular complexity index is 2140. The smallest absolute Gasteiger partial charge is 0.331 e. The number of urea groups is 1. The maximum absolute atomic E-state index is 13.6. The molecular weight excluding hydrogens is 759 g/mol. The maximum atomic E-state index is 13.6. The first-order valence-electron chi connectivity index (χ1n) is 20.2. The van der Waals surface area contributed by atoms with Crippen molar-refractivity contribution in [3.05, 3.63) is 74.7 Å². The third-order valence-electron chi connectivity index (χ3n) is 11.4. The molecule has 2 unspecified atom stereocenters. The number of imide groups is 1. The molecule has 3 aliphatic rings. The molecule has 0 spiro atoms. The summed E-state index contributed by atoms with van der Waals surface area (Å²) < 4.78 is 12.8. The van der Waals surface area contributed by atoms with E-state index in [9.17, 15) is 33.9 Å². The second kappa shape index (κ2) is 18.8. The predicted molar refractivity (Wildman–Crippen MR) is 220 cm³/mol. The van der Waals surface area contributed by atoms with Crippen LogP contribution in [0.25, 0.3) is 11.1 Å². The number of aliphatic carboxylic acids is 1. The lowest BCUT2D eigenvalue weighted by molar-refractivity contribution is -0.143. The third-order valence-corrected chi connectivity index (χ3v) is 11.4. The SMILES string of the molecule is COc1cc(-c2cn(C)c(=O)c3c2CCN(C(=O)NCCCCCCCCNc2cccc4c2CN(C2CCC(=O)NC2=O)C4=O)C3C(=O)O)cc(OC)c1CN(C)C. The molecule has 16 heteroatoms. The van der Waals surface area contributed by atoms with E-state index in [0.717, 1.165) is 61.9 Å². The van der Waals surface area contributed by atoms with Gasteiger partial charge in [-0.05, 0) is 75.2 Å². The first-order chi connectivity index (χ1) is 28.3. The van der Waals surface area contributed by atoms with Gasteiger partial charge in [-0.25, -0.2) is 9.59 Å². The summed E-state index contributed by atoms with van der Waals surface area (Å²) in [7, 11) is 8.63. The monoisotopic (exact) mass is 813 g/mol. The van der Waals surface area contributed by atoms with Crippen LogP contribution in [0.2, 0.25) is 0 Å². The van der Waals surface area contributed by atoms with Crippen LogP contribution in [0, 0.1) is 0 Å². The Hall–Kier alpha value is -5.90. The molecule has 2 aromatic carbocycles. The largest absolute Gasteiger partial charge is 0.496 e. The van der Waals surface area contributed by atoms with Crippen molar-refractivity contribution in [2.75, 3.05) is 53.3 Å². The lowest BCUT2D eigenvalue weighted by atomic mass is 9.87. The number of piperidine rings is 1. The number of ether oxygens (including phenoxy) is 2. The fourth-order valence-corrected chi connectivity index (χ4v) is 8.43. The van der Waals surface area contributed by atoms with Crippen LogP contribution in [0.1, 0.15) is 90.0 Å². The standard InChI is InChI=1S/C43H55N7O9/c1-47(2)23-31-34(58-4)21-26(22-35(31)59-5)29-24-48(3)41(54)37-27(29)17-20-49(38(37)42(55)56)43(57)45-19-11-9-7-6-8-10-18-44-32-14-12-13-28-30(32)25-50(40(28)53)33-15-16-36(51)46-39(33)52/h12-14,21-22,24,33,38,44H,6-11,15-20,23,25H2,1-5H3,(H,45,57)(H,55,56)(H,46,51,52). The number of carbonyl (C=O) groups excluding carboxylic acids is 4. The normalized spacial score (nSPS) is 17.4. The highest BCUT2D eigenvalue weighted by atomic mass is 16.5. The third kappa shape index (κ3) is 9.22. The average Bonchev–Trinajstić information content (AvgIpc) is 3.55. The molecule has 1 aromatic heterocycles. The van der Waals surface area contributed by atoms with Gasteiger partial charge in [-0.15, -0.1) is 0 Å². The molecule has 59 heavy (non-hydrogen) atoms. The summed E-state index contributed by atoms with van der Waals surface area (Å²) in [6, 6.07) is 6.65. The van der Waals surface area contributed by atoms with Gasteiger partial charge in [0, 0.05) is 74.8 Å². The number of pyridine rings is 1. The van der Waals surface area contributed by atoms with Gasteiger partial charge in [0.1, 0.15) is 17.5 Å². The number of carboxylic acids is 1. The van der Waals surface area contributed by atoms with Crippen LogP contribution in [0.15, 0.2) is 41.3 Å². The number of hydrogen-bond donors (Lipinski definition) is 4. The van der Waals surface area contributed by atoms with Crippen LogP contribution in [-0.4, -0.2) is 108 Å². The summed E-state index contributed by atoms with van der Waals surface area (Å²) in [5.41, 5.74) is 4.75. The molecule has 4 N–H and O–H groups in total. The van der Waals surface area contributed by atoms with Crippen molar-refractivity contribution in [1.82, 2.24) is 29.9 Å². The molecule has 2 atom stereocenters. The number of hydrogen-bond acceptors (Lipinski definition) is 10. The summed E-state index contributed by atoms with van der Waals surface area (Å²) in [5, 5.41) is 19.1. The number of methoxy groups -OCH3 is 2. The first-order valence-corrected chi connectivity index (χ1v) is 20.2. The second-order valence-electron chi connectivity index (χ2n) is 15.6. The van der Waals surface area contributed by atoms with Crippen molar-refractivity contribution < 1.29 is 38.6 Å². The van der Waals surface area contributed by atoms with Crippen LogP contribution < -0.4 is 31.0 Å². The number of unbranched alkanes of at least 4 members (excludes halogenated alkanes) is 5. The molecular formula is C43H55N7O9. The molecule has 1 saturated heterocycles. The highest BCUT2D eigenvalue weighted by molar-refractivity contribution is 6.06. The van der Waals surface area contributed by atoms with E-state index in [-0.39, 0.29) is 30.3 Å². The van der Waals surface area contributed by atoms with E-state index in [1.54, 1.807) is 38.4 Å². The molecule has 5 amide bonds. The number of nitrogens with one attached hydrogen (secondary N) is 3. The fraction of sp³-hybridized carbons (Fsp3) is 0.488. The Morgan fingerprint density at radius 1 is 0.915 bits per heavy atom. The fourth-order valence-electron chi connectivity index (χ4n) is 8.43. The number of aromatic nitrogens is 1. The maximum Gasteiger partial charge on any atom is 0.331 e. The number of fused-ring (bicyclic) bond motifs is 2. The van der Waals surface area contributed by atoms with Gasteiger partial charge in [-0.1, -0.05) is 31.7 Å². The topological polar surface area (TPSA) is 192 Å².